The molecule has 1 aliphatic rings. The number of carbonyl (C=O) groups is 3. The molecule has 0 radical (unpaired) electrons. The minimum Gasteiger partial charge on any atom is -0.480 e. The van der Waals surface area contributed by atoms with Gasteiger partial charge in [-0.2, -0.15) is 0 Å². The number of carboxylic acid groups (broad SMARTS) is 1. The van der Waals surface area contributed by atoms with Crippen LogP contribution in [0.15, 0.2) is 0 Å². The van der Waals surface area contributed by atoms with Crippen molar-refractivity contribution in [1.82, 2.24) is 10.2 Å². The van der Waals surface area contributed by atoms with E-state index in [1.807, 2.05) is 0 Å². The molecule has 4 N–H and O–H groups in total. The zero-order valence-corrected chi connectivity index (χ0v) is 11.8. The number of aliphatic carboxylic acids is 1. The lowest BCUT2D eigenvalue weighted by Crippen LogP contribution is -2.51. The predicted octanol–water partition coefficient (Wildman–Crippen LogP) is 0.537. The highest BCUT2D eigenvalue weighted by Crippen LogP contribution is 2.19. The molecule has 0 aromatic heterocycles. The van der Waals surface area contributed by atoms with Crippen LogP contribution in [0, 0.1) is 5.92 Å². The Bertz CT molecular complexity index is 373. The minimum absolute atomic E-state index is 0.0153. The molecular weight excluding hydrogens is 262 g/mol. The van der Waals surface area contributed by atoms with Crippen LogP contribution in [0.5, 0.6) is 0 Å². The summed E-state index contributed by atoms with van der Waals surface area (Å²) in [5.74, 6) is -1.25. The summed E-state index contributed by atoms with van der Waals surface area (Å²) in [5, 5.41) is 11.5. The fraction of sp³-hybridized carbons (Fsp3) is 0.769. The summed E-state index contributed by atoms with van der Waals surface area (Å²) in [4.78, 5) is 35.5. The highest BCUT2D eigenvalue weighted by molar-refractivity contribution is 5.83. The topological polar surface area (TPSA) is 113 Å². The zero-order chi connectivity index (χ0) is 15.1. The standard InChI is InChI=1S/C13H23N3O4/c1-2-9-4-3-7-16(8-9)13(20)15-10(12(18)19)5-6-11(14)17/h9-10H,2-8H2,1H3,(H2,14,17)(H,15,20)(H,18,19). The first-order chi connectivity index (χ1) is 9.43. The number of hydrogen-bond acceptors (Lipinski definition) is 3. The van der Waals surface area contributed by atoms with Crippen molar-refractivity contribution in [3.8, 4) is 0 Å². The van der Waals surface area contributed by atoms with E-state index < -0.39 is 17.9 Å². The van der Waals surface area contributed by atoms with E-state index in [9.17, 15) is 14.4 Å². The Morgan fingerprint density at radius 2 is 2.15 bits per heavy atom. The highest BCUT2D eigenvalue weighted by atomic mass is 16.4. The smallest absolute Gasteiger partial charge is 0.326 e. The number of rotatable bonds is 6. The van der Waals surface area contributed by atoms with E-state index >= 15 is 0 Å². The van der Waals surface area contributed by atoms with Crippen molar-refractivity contribution in [3.05, 3.63) is 0 Å². The van der Waals surface area contributed by atoms with Crippen molar-refractivity contribution < 1.29 is 19.5 Å². The number of primary amides is 1. The summed E-state index contributed by atoms with van der Waals surface area (Å²) in [6.07, 6.45) is 3.00. The van der Waals surface area contributed by atoms with Crippen LogP contribution in [-0.2, 0) is 9.59 Å². The largest absolute Gasteiger partial charge is 0.480 e. The molecule has 7 heteroatoms. The third-order valence-corrected chi connectivity index (χ3v) is 3.66. The van der Waals surface area contributed by atoms with Crippen molar-refractivity contribution in [1.29, 1.82) is 0 Å². The molecule has 114 valence electrons. The van der Waals surface area contributed by atoms with Crippen LogP contribution in [0.25, 0.3) is 0 Å². The molecular formula is C13H23N3O4. The number of urea groups is 1. The summed E-state index contributed by atoms with van der Waals surface area (Å²) < 4.78 is 0. The Hall–Kier alpha value is -1.79. The number of nitrogens with one attached hydrogen (secondary N) is 1. The second-order valence-corrected chi connectivity index (χ2v) is 5.21. The van der Waals surface area contributed by atoms with Crippen LogP contribution in [0.4, 0.5) is 4.79 Å². The quantitative estimate of drug-likeness (QED) is 0.661. The maximum absolute atomic E-state index is 12.1. The van der Waals surface area contributed by atoms with Gasteiger partial charge in [0.25, 0.3) is 0 Å². The molecule has 0 spiro atoms. The van der Waals surface area contributed by atoms with Crippen LogP contribution in [-0.4, -0.2) is 47.0 Å². The molecule has 0 aliphatic carbocycles. The molecule has 1 aliphatic heterocycles. The SMILES string of the molecule is CCC1CCCN(C(=O)NC(CCC(N)=O)C(=O)O)C1. The molecule has 2 atom stereocenters. The molecule has 2 unspecified atom stereocenters. The maximum Gasteiger partial charge on any atom is 0.326 e. The zero-order valence-electron chi connectivity index (χ0n) is 11.8. The van der Waals surface area contributed by atoms with E-state index in [4.69, 9.17) is 10.8 Å². The number of carboxylic acids is 1. The van der Waals surface area contributed by atoms with Crippen LogP contribution in [0.1, 0.15) is 39.0 Å². The Morgan fingerprint density at radius 1 is 1.45 bits per heavy atom. The summed E-state index contributed by atoms with van der Waals surface area (Å²) in [5.41, 5.74) is 5.00. The number of likely N-dealkylation sites (tertiary alicyclic amines) is 1. The van der Waals surface area contributed by atoms with E-state index in [1.54, 1.807) is 4.90 Å². The lowest BCUT2D eigenvalue weighted by molar-refractivity contribution is -0.139. The van der Waals surface area contributed by atoms with Gasteiger partial charge in [0, 0.05) is 19.5 Å². The second kappa shape index (κ2) is 7.72. The maximum atomic E-state index is 12.1. The molecule has 1 saturated heterocycles. The summed E-state index contributed by atoms with van der Waals surface area (Å²) >= 11 is 0. The number of hydrogen-bond donors (Lipinski definition) is 3. The molecule has 1 rings (SSSR count). The summed E-state index contributed by atoms with van der Waals surface area (Å²) in [6, 6.07) is -1.45. The minimum atomic E-state index is -1.15. The normalized spacial score (nSPS) is 20.2. The van der Waals surface area contributed by atoms with E-state index in [0.717, 1.165) is 19.3 Å². The van der Waals surface area contributed by atoms with E-state index in [-0.39, 0.29) is 18.9 Å². The van der Waals surface area contributed by atoms with Gasteiger partial charge in [0.1, 0.15) is 6.04 Å². The van der Waals surface area contributed by atoms with Gasteiger partial charge in [-0.1, -0.05) is 13.3 Å². The number of carbonyl (C=O) groups excluding carboxylic acids is 2. The van der Waals surface area contributed by atoms with E-state index in [2.05, 4.69) is 12.2 Å². The Balaban J connectivity index is 2.52. The Morgan fingerprint density at radius 3 is 2.70 bits per heavy atom. The van der Waals surface area contributed by atoms with Crippen molar-refractivity contribution >= 4 is 17.9 Å². The summed E-state index contributed by atoms with van der Waals surface area (Å²) in [7, 11) is 0. The van der Waals surface area contributed by atoms with Gasteiger partial charge < -0.3 is 21.1 Å². The van der Waals surface area contributed by atoms with Gasteiger partial charge in [0.15, 0.2) is 0 Å². The van der Waals surface area contributed by atoms with Gasteiger partial charge in [0.2, 0.25) is 5.91 Å². The van der Waals surface area contributed by atoms with Crippen LogP contribution in [0.3, 0.4) is 0 Å². The third kappa shape index (κ3) is 5.07. The molecule has 0 aromatic carbocycles. The fourth-order valence-electron chi connectivity index (χ4n) is 2.37. The number of nitrogens with zero attached hydrogens (tertiary/aromatic N) is 1. The van der Waals surface area contributed by atoms with Gasteiger partial charge in [-0.05, 0) is 25.2 Å². The van der Waals surface area contributed by atoms with Crippen molar-refractivity contribution in [2.75, 3.05) is 13.1 Å². The van der Waals surface area contributed by atoms with E-state index in [1.165, 1.54) is 0 Å². The van der Waals surface area contributed by atoms with Gasteiger partial charge in [-0.15, -0.1) is 0 Å². The molecule has 0 saturated carbocycles. The number of amides is 3. The molecule has 7 nitrogen and oxygen atoms in total. The van der Waals surface area contributed by atoms with Gasteiger partial charge in [-0.25, -0.2) is 9.59 Å². The average molecular weight is 285 g/mol. The van der Waals surface area contributed by atoms with Gasteiger partial charge >= 0.3 is 12.0 Å². The van der Waals surface area contributed by atoms with Gasteiger partial charge in [-0.3, -0.25) is 4.79 Å². The monoisotopic (exact) mass is 285 g/mol. The van der Waals surface area contributed by atoms with Crippen LogP contribution >= 0.6 is 0 Å². The first-order valence-electron chi connectivity index (χ1n) is 7.00. The molecule has 20 heavy (non-hydrogen) atoms. The summed E-state index contributed by atoms with van der Waals surface area (Å²) in [6.45, 7) is 3.38. The van der Waals surface area contributed by atoms with Gasteiger partial charge in [0.05, 0.1) is 0 Å². The lowest BCUT2D eigenvalue weighted by atomic mass is 9.96. The van der Waals surface area contributed by atoms with Crippen molar-refractivity contribution in [3.63, 3.8) is 0 Å². The Kier molecular flexibility index (Phi) is 6.27. The van der Waals surface area contributed by atoms with Crippen LogP contribution < -0.4 is 11.1 Å². The highest BCUT2D eigenvalue weighted by Gasteiger charge is 2.26. The predicted molar refractivity (Wildman–Crippen MR) is 73.0 cm³/mol. The first-order valence-corrected chi connectivity index (χ1v) is 7.00. The first kappa shape index (κ1) is 16.3. The molecule has 1 heterocycles. The second-order valence-electron chi connectivity index (χ2n) is 5.21. The van der Waals surface area contributed by atoms with E-state index in [0.29, 0.717) is 19.0 Å². The Labute approximate surface area is 118 Å². The van der Waals surface area contributed by atoms with Crippen LogP contribution in [0.2, 0.25) is 0 Å². The number of nitrogens with two attached hydrogens (primary N) is 1. The lowest BCUT2D eigenvalue weighted by Gasteiger charge is -2.33. The average Bonchev–Trinajstić information content (AvgIpc) is 2.42. The fourth-order valence-corrected chi connectivity index (χ4v) is 2.37. The molecule has 0 aromatic rings. The van der Waals surface area contributed by atoms with Crippen molar-refractivity contribution in [2.24, 2.45) is 11.7 Å². The molecule has 3 amide bonds. The molecule has 0 bridgehead atoms. The number of piperidine rings is 1. The van der Waals surface area contributed by atoms with Crippen molar-refractivity contribution in [2.45, 2.75) is 45.1 Å². The molecule has 1 fully saturated rings. The third-order valence-electron chi connectivity index (χ3n) is 3.66.